The van der Waals surface area contributed by atoms with Gasteiger partial charge in [0, 0.05) is 5.39 Å². The second-order valence-corrected chi connectivity index (χ2v) is 3.70. The SMILES string of the molecule is FC(F)(F)c1cc2c(I)[nH]nc2cn1. The second-order valence-electron chi connectivity index (χ2n) is 2.62. The van der Waals surface area contributed by atoms with E-state index in [0.29, 0.717) is 14.6 Å². The van der Waals surface area contributed by atoms with Gasteiger partial charge < -0.3 is 0 Å². The van der Waals surface area contributed by atoms with Gasteiger partial charge in [-0.1, -0.05) is 0 Å². The summed E-state index contributed by atoms with van der Waals surface area (Å²) in [6.07, 6.45) is -3.30. The van der Waals surface area contributed by atoms with Gasteiger partial charge in [-0.3, -0.25) is 5.10 Å². The number of pyridine rings is 1. The van der Waals surface area contributed by atoms with E-state index in [0.717, 1.165) is 12.3 Å². The molecule has 0 bridgehead atoms. The molecular formula is C7H3F3IN3. The highest BCUT2D eigenvalue weighted by Gasteiger charge is 2.32. The third kappa shape index (κ3) is 1.56. The molecule has 14 heavy (non-hydrogen) atoms. The molecular weight excluding hydrogens is 310 g/mol. The predicted molar refractivity (Wildman–Crippen MR) is 51.6 cm³/mol. The minimum atomic E-state index is -4.41. The maximum absolute atomic E-state index is 12.3. The molecule has 2 heterocycles. The van der Waals surface area contributed by atoms with E-state index in [1.54, 1.807) is 0 Å². The summed E-state index contributed by atoms with van der Waals surface area (Å²) >= 11 is 1.88. The van der Waals surface area contributed by atoms with Gasteiger partial charge >= 0.3 is 6.18 Å². The topological polar surface area (TPSA) is 41.6 Å². The lowest BCUT2D eigenvalue weighted by atomic mass is 10.3. The highest BCUT2D eigenvalue weighted by Crippen LogP contribution is 2.29. The second kappa shape index (κ2) is 3.07. The van der Waals surface area contributed by atoms with Crippen molar-refractivity contribution in [3.05, 3.63) is 21.7 Å². The van der Waals surface area contributed by atoms with Gasteiger partial charge in [0.2, 0.25) is 0 Å². The fourth-order valence-electron chi connectivity index (χ4n) is 1.04. The number of rotatable bonds is 0. The van der Waals surface area contributed by atoms with E-state index in [4.69, 9.17) is 0 Å². The van der Waals surface area contributed by atoms with Gasteiger partial charge in [0.25, 0.3) is 0 Å². The molecule has 1 N–H and O–H groups in total. The van der Waals surface area contributed by atoms with E-state index in [2.05, 4.69) is 15.2 Å². The number of halogens is 4. The summed E-state index contributed by atoms with van der Waals surface area (Å²) in [4.78, 5) is 3.28. The number of alkyl halides is 3. The van der Waals surface area contributed by atoms with Crippen LogP contribution in [0.1, 0.15) is 5.69 Å². The number of nitrogens with zero attached hydrogens (tertiary/aromatic N) is 2. The zero-order chi connectivity index (χ0) is 10.3. The van der Waals surface area contributed by atoms with Crippen LogP contribution >= 0.6 is 22.6 Å². The molecule has 2 rings (SSSR count). The molecule has 2 aromatic heterocycles. The van der Waals surface area contributed by atoms with Crippen LogP contribution in [0, 0.1) is 3.70 Å². The van der Waals surface area contributed by atoms with Crippen molar-refractivity contribution in [2.75, 3.05) is 0 Å². The zero-order valence-electron chi connectivity index (χ0n) is 6.56. The van der Waals surface area contributed by atoms with Gasteiger partial charge in [0.15, 0.2) is 0 Å². The Morgan fingerprint density at radius 2 is 2.07 bits per heavy atom. The quantitative estimate of drug-likeness (QED) is 0.760. The van der Waals surface area contributed by atoms with Gasteiger partial charge in [0.05, 0.1) is 6.20 Å². The first-order chi connectivity index (χ1) is 6.48. The fraction of sp³-hybridized carbons (Fsp3) is 0.143. The molecule has 0 radical (unpaired) electrons. The number of aromatic nitrogens is 3. The first-order valence-electron chi connectivity index (χ1n) is 3.55. The normalized spacial score (nSPS) is 12.3. The number of nitrogens with one attached hydrogen (secondary N) is 1. The molecule has 0 saturated heterocycles. The van der Waals surface area contributed by atoms with E-state index in [1.165, 1.54) is 0 Å². The Morgan fingerprint density at radius 1 is 1.36 bits per heavy atom. The fourth-order valence-corrected chi connectivity index (χ4v) is 1.59. The molecule has 0 spiro atoms. The van der Waals surface area contributed by atoms with Crippen molar-refractivity contribution in [3.8, 4) is 0 Å². The summed E-state index contributed by atoms with van der Waals surface area (Å²) in [6, 6.07) is 0.987. The molecule has 0 unspecified atom stereocenters. The van der Waals surface area contributed by atoms with Gasteiger partial charge in [-0.25, -0.2) is 4.98 Å². The van der Waals surface area contributed by atoms with Crippen LogP contribution in [0.4, 0.5) is 13.2 Å². The van der Waals surface area contributed by atoms with Crippen molar-refractivity contribution in [2.24, 2.45) is 0 Å². The average molecular weight is 313 g/mol. The van der Waals surface area contributed by atoms with Crippen LogP contribution in [0.15, 0.2) is 12.3 Å². The summed E-state index contributed by atoms with van der Waals surface area (Å²) in [5.41, 5.74) is -0.466. The summed E-state index contributed by atoms with van der Waals surface area (Å²) < 4.78 is 37.3. The van der Waals surface area contributed by atoms with Gasteiger partial charge in [-0.2, -0.15) is 18.3 Å². The van der Waals surface area contributed by atoms with E-state index < -0.39 is 11.9 Å². The van der Waals surface area contributed by atoms with Gasteiger partial charge in [-0.15, -0.1) is 0 Å². The number of aromatic amines is 1. The number of H-pyrrole nitrogens is 1. The Morgan fingerprint density at radius 3 is 2.71 bits per heavy atom. The Balaban J connectivity index is 2.66. The molecule has 3 nitrogen and oxygen atoms in total. The lowest BCUT2D eigenvalue weighted by molar-refractivity contribution is -0.141. The van der Waals surface area contributed by atoms with Crippen molar-refractivity contribution in [1.82, 2.24) is 15.2 Å². The first kappa shape index (κ1) is 9.69. The van der Waals surface area contributed by atoms with Crippen LogP contribution in [0.25, 0.3) is 10.9 Å². The monoisotopic (exact) mass is 313 g/mol. The molecule has 2 aromatic rings. The van der Waals surface area contributed by atoms with Crippen LogP contribution in [0.3, 0.4) is 0 Å². The van der Waals surface area contributed by atoms with Crippen LogP contribution in [0.5, 0.6) is 0 Å². The minimum Gasteiger partial charge on any atom is -0.271 e. The van der Waals surface area contributed by atoms with E-state index in [1.807, 2.05) is 22.6 Å². The lowest BCUT2D eigenvalue weighted by Gasteiger charge is -2.04. The average Bonchev–Trinajstić information content (AvgIpc) is 2.46. The van der Waals surface area contributed by atoms with Crippen molar-refractivity contribution < 1.29 is 13.2 Å². The zero-order valence-corrected chi connectivity index (χ0v) is 8.72. The highest BCUT2D eigenvalue weighted by atomic mass is 127. The molecule has 0 fully saturated rings. The Hall–Kier alpha value is -0.860. The first-order valence-corrected chi connectivity index (χ1v) is 4.63. The number of hydrogen-bond donors (Lipinski definition) is 1. The maximum Gasteiger partial charge on any atom is 0.433 e. The van der Waals surface area contributed by atoms with Crippen LogP contribution in [0.2, 0.25) is 0 Å². The Kier molecular flexibility index (Phi) is 2.13. The molecule has 7 heteroatoms. The lowest BCUT2D eigenvalue weighted by Crippen LogP contribution is -2.07. The largest absolute Gasteiger partial charge is 0.433 e. The smallest absolute Gasteiger partial charge is 0.271 e. The third-order valence-corrected chi connectivity index (χ3v) is 2.51. The van der Waals surface area contributed by atoms with Crippen LogP contribution < -0.4 is 0 Å². The molecule has 0 aromatic carbocycles. The van der Waals surface area contributed by atoms with Crippen molar-refractivity contribution in [3.63, 3.8) is 0 Å². The van der Waals surface area contributed by atoms with Gasteiger partial charge in [0.1, 0.15) is 14.9 Å². The minimum absolute atomic E-state index is 0.433. The molecule has 0 atom stereocenters. The van der Waals surface area contributed by atoms with Crippen molar-refractivity contribution in [2.45, 2.75) is 6.18 Å². The highest BCUT2D eigenvalue weighted by molar-refractivity contribution is 14.1. The van der Waals surface area contributed by atoms with E-state index >= 15 is 0 Å². The molecule has 0 aliphatic rings. The molecule has 0 aliphatic carbocycles. The predicted octanol–water partition coefficient (Wildman–Crippen LogP) is 2.58. The molecule has 0 saturated carbocycles. The maximum atomic E-state index is 12.3. The third-order valence-electron chi connectivity index (χ3n) is 1.68. The Labute approximate surface area is 89.9 Å². The summed E-state index contributed by atoms with van der Waals surface area (Å²) in [6.45, 7) is 0. The Bertz CT molecular complexity index is 476. The van der Waals surface area contributed by atoms with Gasteiger partial charge in [-0.05, 0) is 28.7 Å². The molecule has 74 valence electrons. The summed E-state index contributed by atoms with van der Waals surface area (Å²) in [5, 5.41) is 6.80. The van der Waals surface area contributed by atoms with E-state index in [9.17, 15) is 13.2 Å². The van der Waals surface area contributed by atoms with Crippen molar-refractivity contribution >= 4 is 33.5 Å². The standard InChI is InChI=1S/C7H3F3IN3/c8-7(9,10)5-1-3-4(2-12-5)13-14-6(3)11/h1-2H,(H,13,14). The van der Waals surface area contributed by atoms with Crippen molar-refractivity contribution in [1.29, 1.82) is 0 Å². The van der Waals surface area contributed by atoms with Crippen LogP contribution in [-0.4, -0.2) is 15.2 Å². The summed E-state index contributed by atoms with van der Waals surface area (Å²) in [7, 11) is 0. The number of hydrogen-bond acceptors (Lipinski definition) is 2. The molecule has 0 amide bonds. The number of fused-ring (bicyclic) bond motifs is 1. The molecule has 0 aliphatic heterocycles. The van der Waals surface area contributed by atoms with Crippen LogP contribution in [-0.2, 0) is 6.18 Å². The van der Waals surface area contributed by atoms with E-state index in [-0.39, 0.29) is 0 Å². The summed E-state index contributed by atoms with van der Waals surface area (Å²) in [5.74, 6) is 0.